The number of nitrogens with zero attached hydrogens (tertiary/aromatic N) is 3. The van der Waals surface area contributed by atoms with Gasteiger partial charge in [0.1, 0.15) is 12.7 Å². The molecule has 1 aromatic heterocycles. The summed E-state index contributed by atoms with van der Waals surface area (Å²) in [6.45, 7) is 0. The van der Waals surface area contributed by atoms with Gasteiger partial charge in [0.25, 0.3) is 0 Å². The molecule has 2 rings (SSSR count). The monoisotopic (exact) mass is 177 g/mol. The van der Waals surface area contributed by atoms with Gasteiger partial charge in [-0.15, -0.1) is 12.6 Å². The minimum Gasteiger partial charge on any atom is -0.223 e. The summed E-state index contributed by atoms with van der Waals surface area (Å²) in [4.78, 5) is 4.77. The fourth-order valence-corrected chi connectivity index (χ4v) is 1.20. The first kappa shape index (κ1) is 7.36. The number of hydrogen-bond acceptors (Lipinski definition) is 3. The van der Waals surface area contributed by atoms with Gasteiger partial charge in [0.05, 0.1) is 5.69 Å². The predicted molar refractivity (Wildman–Crippen MR) is 48.6 cm³/mol. The summed E-state index contributed by atoms with van der Waals surface area (Å²) in [6.07, 6.45) is 3.16. The first-order valence-electron chi connectivity index (χ1n) is 3.50. The molecule has 3 nitrogen and oxygen atoms in total. The van der Waals surface area contributed by atoms with Crippen LogP contribution in [-0.2, 0) is 0 Å². The van der Waals surface area contributed by atoms with Crippen molar-refractivity contribution >= 4 is 12.6 Å². The highest BCUT2D eigenvalue weighted by Gasteiger charge is 1.94. The number of aromatic nitrogens is 3. The molecule has 0 fully saturated rings. The lowest BCUT2D eigenvalue weighted by molar-refractivity contribution is 0.876. The van der Waals surface area contributed by atoms with Crippen molar-refractivity contribution < 1.29 is 0 Å². The zero-order valence-electron chi connectivity index (χ0n) is 6.25. The van der Waals surface area contributed by atoms with Gasteiger partial charge in [-0.3, -0.25) is 0 Å². The molecule has 0 aliphatic carbocycles. The van der Waals surface area contributed by atoms with Gasteiger partial charge < -0.3 is 0 Å². The first-order valence-corrected chi connectivity index (χ1v) is 3.95. The Kier molecular flexibility index (Phi) is 1.83. The molecular weight excluding hydrogens is 170 g/mol. The van der Waals surface area contributed by atoms with Crippen LogP contribution in [0, 0.1) is 0 Å². The van der Waals surface area contributed by atoms with Crippen molar-refractivity contribution in [2.75, 3.05) is 0 Å². The molecule has 2 aromatic rings. The minimum absolute atomic E-state index is 0.919. The topological polar surface area (TPSA) is 30.7 Å². The van der Waals surface area contributed by atoms with Crippen molar-refractivity contribution in [2.45, 2.75) is 4.90 Å². The summed E-state index contributed by atoms with van der Waals surface area (Å²) in [5.74, 6) is 0. The quantitative estimate of drug-likeness (QED) is 0.670. The van der Waals surface area contributed by atoms with E-state index in [4.69, 9.17) is 0 Å². The summed E-state index contributed by atoms with van der Waals surface area (Å²) >= 11 is 4.22. The minimum atomic E-state index is 0.919. The van der Waals surface area contributed by atoms with E-state index in [0.29, 0.717) is 0 Å². The van der Waals surface area contributed by atoms with Crippen molar-refractivity contribution in [1.29, 1.82) is 0 Å². The smallest absolute Gasteiger partial charge is 0.138 e. The Morgan fingerprint density at radius 2 is 2.25 bits per heavy atom. The van der Waals surface area contributed by atoms with E-state index in [1.807, 2.05) is 24.3 Å². The van der Waals surface area contributed by atoms with Gasteiger partial charge in [-0.05, 0) is 18.2 Å². The van der Waals surface area contributed by atoms with Crippen LogP contribution in [0.1, 0.15) is 0 Å². The van der Waals surface area contributed by atoms with E-state index in [9.17, 15) is 0 Å². The molecule has 0 bridgehead atoms. The fourth-order valence-electron chi connectivity index (χ4n) is 0.977. The lowest BCUT2D eigenvalue weighted by Gasteiger charge is -1.99. The highest BCUT2D eigenvalue weighted by atomic mass is 32.1. The SMILES string of the molecule is Sc1cccc(-n2cncn2)c1. The third kappa shape index (κ3) is 1.33. The van der Waals surface area contributed by atoms with E-state index in [0.717, 1.165) is 10.6 Å². The number of benzene rings is 1. The van der Waals surface area contributed by atoms with Gasteiger partial charge in [-0.1, -0.05) is 6.07 Å². The zero-order valence-corrected chi connectivity index (χ0v) is 7.15. The zero-order chi connectivity index (χ0) is 8.39. The van der Waals surface area contributed by atoms with Crippen molar-refractivity contribution in [3.05, 3.63) is 36.9 Å². The Morgan fingerprint density at radius 3 is 2.92 bits per heavy atom. The molecule has 4 heteroatoms. The van der Waals surface area contributed by atoms with Crippen molar-refractivity contribution in [3.63, 3.8) is 0 Å². The third-order valence-electron chi connectivity index (χ3n) is 1.51. The second-order valence-electron chi connectivity index (χ2n) is 2.36. The van der Waals surface area contributed by atoms with E-state index in [1.54, 1.807) is 11.0 Å². The van der Waals surface area contributed by atoms with Crippen LogP contribution in [0.2, 0.25) is 0 Å². The molecule has 60 valence electrons. The average Bonchev–Trinajstić information content (AvgIpc) is 2.56. The molecule has 0 N–H and O–H groups in total. The lowest BCUT2D eigenvalue weighted by Crippen LogP contribution is -1.93. The maximum absolute atomic E-state index is 4.22. The van der Waals surface area contributed by atoms with Crippen LogP contribution in [0.25, 0.3) is 5.69 Å². The number of thiol groups is 1. The summed E-state index contributed by atoms with van der Waals surface area (Å²) in [5.41, 5.74) is 0.972. The maximum Gasteiger partial charge on any atom is 0.138 e. The molecule has 0 aliphatic heterocycles. The third-order valence-corrected chi connectivity index (χ3v) is 1.79. The molecule has 0 amide bonds. The molecule has 0 saturated carbocycles. The Hall–Kier alpha value is -1.29. The molecule has 0 atom stereocenters. The molecule has 1 aromatic carbocycles. The predicted octanol–water partition coefficient (Wildman–Crippen LogP) is 1.56. The van der Waals surface area contributed by atoms with E-state index in [-0.39, 0.29) is 0 Å². The van der Waals surface area contributed by atoms with Gasteiger partial charge in [0.15, 0.2) is 0 Å². The van der Waals surface area contributed by atoms with Gasteiger partial charge in [-0.2, -0.15) is 5.10 Å². The summed E-state index contributed by atoms with van der Waals surface area (Å²) in [7, 11) is 0. The number of rotatable bonds is 1. The average molecular weight is 177 g/mol. The second kappa shape index (κ2) is 2.98. The molecular formula is C8H7N3S. The maximum atomic E-state index is 4.22. The molecule has 0 spiro atoms. The van der Waals surface area contributed by atoms with Crippen LogP contribution >= 0.6 is 12.6 Å². The van der Waals surface area contributed by atoms with Crippen LogP contribution < -0.4 is 0 Å². The fraction of sp³-hybridized carbons (Fsp3) is 0. The van der Waals surface area contributed by atoms with Crippen LogP contribution in [0.4, 0.5) is 0 Å². The summed E-state index contributed by atoms with van der Waals surface area (Å²) in [6, 6.07) is 7.73. The molecule has 0 saturated heterocycles. The second-order valence-corrected chi connectivity index (χ2v) is 2.88. The molecule has 12 heavy (non-hydrogen) atoms. The van der Waals surface area contributed by atoms with Gasteiger partial charge >= 0.3 is 0 Å². The normalized spacial score (nSPS) is 10.1. The van der Waals surface area contributed by atoms with Gasteiger partial charge in [-0.25, -0.2) is 9.67 Å². The summed E-state index contributed by atoms with van der Waals surface area (Å²) in [5, 5.41) is 4.00. The molecule has 0 unspecified atom stereocenters. The molecule has 0 aliphatic rings. The Morgan fingerprint density at radius 1 is 1.33 bits per heavy atom. The number of hydrogen-bond donors (Lipinski definition) is 1. The molecule has 0 radical (unpaired) electrons. The van der Waals surface area contributed by atoms with Crippen LogP contribution in [0.3, 0.4) is 0 Å². The van der Waals surface area contributed by atoms with Crippen molar-refractivity contribution in [2.24, 2.45) is 0 Å². The van der Waals surface area contributed by atoms with Gasteiger partial charge in [0.2, 0.25) is 0 Å². The lowest BCUT2D eigenvalue weighted by atomic mass is 10.3. The van der Waals surface area contributed by atoms with Crippen molar-refractivity contribution in [1.82, 2.24) is 14.8 Å². The highest BCUT2D eigenvalue weighted by molar-refractivity contribution is 7.80. The van der Waals surface area contributed by atoms with Crippen LogP contribution in [-0.4, -0.2) is 14.8 Å². The van der Waals surface area contributed by atoms with Gasteiger partial charge in [0, 0.05) is 4.90 Å². The highest BCUT2D eigenvalue weighted by Crippen LogP contribution is 2.11. The van der Waals surface area contributed by atoms with Crippen molar-refractivity contribution in [3.8, 4) is 5.69 Å². The first-order chi connectivity index (χ1) is 5.86. The Bertz CT molecular complexity index is 370. The van der Waals surface area contributed by atoms with Crippen LogP contribution in [0.5, 0.6) is 0 Å². The van der Waals surface area contributed by atoms with E-state index >= 15 is 0 Å². The Balaban J connectivity index is 2.48. The largest absolute Gasteiger partial charge is 0.223 e. The van der Waals surface area contributed by atoms with Crippen LogP contribution in [0.15, 0.2) is 41.8 Å². The van der Waals surface area contributed by atoms with E-state index in [1.165, 1.54) is 6.33 Å². The molecule has 1 heterocycles. The summed E-state index contributed by atoms with van der Waals surface area (Å²) < 4.78 is 1.69. The van der Waals surface area contributed by atoms with E-state index in [2.05, 4.69) is 22.7 Å². The Labute approximate surface area is 75.5 Å². The standard InChI is InChI=1S/C8H7N3S/c12-8-3-1-2-7(4-8)11-6-9-5-10-11/h1-6,12H. The van der Waals surface area contributed by atoms with E-state index < -0.39 is 0 Å².